The van der Waals surface area contributed by atoms with Crippen molar-refractivity contribution in [2.75, 3.05) is 19.6 Å². The summed E-state index contributed by atoms with van der Waals surface area (Å²) in [7, 11) is -3.30. The van der Waals surface area contributed by atoms with Crippen molar-refractivity contribution in [3.63, 3.8) is 0 Å². The lowest BCUT2D eigenvalue weighted by Crippen LogP contribution is -2.47. The summed E-state index contributed by atoms with van der Waals surface area (Å²) in [4.78, 5) is 0. The maximum atomic E-state index is 12.2. The Morgan fingerprint density at radius 1 is 1.28 bits per heavy atom. The van der Waals surface area contributed by atoms with Crippen molar-refractivity contribution in [2.24, 2.45) is 17.6 Å². The van der Waals surface area contributed by atoms with Gasteiger partial charge in [0.15, 0.2) is 0 Å². The largest absolute Gasteiger partial charge is 0.327 e. The first kappa shape index (κ1) is 14.2. The van der Waals surface area contributed by atoms with Crippen molar-refractivity contribution in [3.05, 3.63) is 0 Å². The lowest BCUT2D eigenvalue weighted by atomic mass is 10.0. The predicted octanol–water partition coefficient (Wildman–Crippen LogP) is 0.680. The van der Waals surface area contributed by atoms with E-state index >= 15 is 0 Å². The molecule has 2 fully saturated rings. The second kappa shape index (κ2) is 5.86. The quantitative estimate of drug-likeness (QED) is 0.792. The maximum Gasteiger partial charge on any atom is 0.279 e. The van der Waals surface area contributed by atoms with Gasteiger partial charge < -0.3 is 5.73 Å². The average molecular weight is 275 g/mol. The molecule has 0 radical (unpaired) electrons. The number of piperidine rings is 1. The van der Waals surface area contributed by atoms with Gasteiger partial charge >= 0.3 is 0 Å². The molecule has 3 N–H and O–H groups in total. The summed E-state index contributed by atoms with van der Waals surface area (Å²) in [5, 5.41) is 0. The van der Waals surface area contributed by atoms with E-state index in [2.05, 4.69) is 11.6 Å². The number of nitrogens with two attached hydrogens (primary N) is 1. The molecule has 2 rings (SSSR count). The second-order valence-corrected chi connectivity index (χ2v) is 7.57. The van der Waals surface area contributed by atoms with Crippen LogP contribution in [-0.4, -0.2) is 38.4 Å². The highest BCUT2D eigenvalue weighted by atomic mass is 32.2. The Bertz CT molecular complexity index is 372. The molecule has 1 heterocycles. The molecule has 0 aromatic carbocycles. The minimum Gasteiger partial charge on any atom is -0.327 e. The summed E-state index contributed by atoms with van der Waals surface area (Å²) >= 11 is 0. The van der Waals surface area contributed by atoms with Crippen LogP contribution in [0.15, 0.2) is 0 Å². The Morgan fingerprint density at radius 3 is 2.67 bits per heavy atom. The number of hydrogen-bond donors (Lipinski definition) is 2. The van der Waals surface area contributed by atoms with Gasteiger partial charge in [-0.05, 0) is 37.5 Å². The zero-order valence-corrected chi connectivity index (χ0v) is 12.0. The minimum atomic E-state index is -3.30. The molecule has 1 saturated heterocycles. The molecular formula is C12H25N3O2S. The highest BCUT2D eigenvalue weighted by Gasteiger charge is 2.29. The third-order valence-electron chi connectivity index (χ3n) is 4.21. The predicted molar refractivity (Wildman–Crippen MR) is 72.2 cm³/mol. The van der Waals surface area contributed by atoms with E-state index in [1.165, 1.54) is 0 Å². The fourth-order valence-electron chi connectivity index (χ4n) is 2.99. The summed E-state index contributed by atoms with van der Waals surface area (Å²) in [5.74, 6) is 0.769. The van der Waals surface area contributed by atoms with Crippen molar-refractivity contribution in [3.8, 4) is 0 Å². The van der Waals surface area contributed by atoms with E-state index in [1.54, 1.807) is 4.31 Å². The molecule has 1 aliphatic carbocycles. The van der Waals surface area contributed by atoms with Crippen molar-refractivity contribution in [2.45, 2.75) is 45.1 Å². The van der Waals surface area contributed by atoms with Crippen molar-refractivity contribution in [1.82, 2.24) is 9.03 Å². The Morgan fingerprint density at radius 2 is 2.06 bits per heavy atom. The van der Waals surface area contributed by atoms with Crippen molar-refractivity contribution >= 4 is 10.2 Å². The molecule has 0 aromatic heterocycles. The summed E-state index contributed by atoms with van der Waals surface area (Å²) in [6, 6.07) is 0.160. The fraction of sp³-hybridized carbons (Fsp3) is 1.00. The van der Waals surface area contributed by atoms with E-state index in [9.17, 15) is 8.42 Å². The summed E-state index contributed by atoms with van der Waals surface area (Å²) in [6.45, 7) is 3.89. The molecule has 0 bridgehead atoms. The van der Waals surface area contributed by atoms with Gasteiger partial charge in [0.2, 0.25) is 0 Å². The van der Waals surface area contributed by atoms with Crippen LogP contribution in [0.1, 0.15) is 39.0 Å². The number of rotatable bonds is 4. The average Bonchev–Trinajstić information content (AvgIpc) is 2.72. The van der Waals surface area contributed by atoms with E-state index in [0.29, 0.717) is 31.5 Å². The Balaban J connectivity index is 1.86. The van der Waals surface area contributed by atoms with Crippen LogP contribution in [0.2, 0.25) is 0 Å². The van der Waals surface area contributed by atoms with E-state index in [4.69, 9.17) is 5.73 Å². The van der Waals surface area contributed by atoms with Crippen LogP contribution in [0.25, 0.3) is 0 Å². The lowest BCUT2D eigenvalue weighted by molar-refractivity contribution is 0.277. The molecule has 1 saturated carbocycles. The topological polar surface area (TPSA) is 75.4 Å². The van der Waals surface area contributed by atoms with Crippen LogP contribution in [0.5, 0.6) is 0 Å². The smallest absolute Gasteiger partial charge is 0.279 e. The van der Waals surface area contributed by atoms with Gasteiger partial charge in [0.05, 0.1) is 0 Å². The normalized spacial score (nSPS) is 34.9. The van der Waals surface area contributed by atoms with Gasteiger partial charge in [-0.2, -0.15) is 12.7 Å². The summed E-state index contributed by atoms with van der Waals surface area (Å²) in [5.41, 5.74) is 5.96. The molecule has 2 aliphatic rings. The summed E-state index contributed by atoms with van der Waals surface area (Å²) in [6.07, 6.45) is 5.27. The number of nitrogens with one attached hydrogen (secondary N) is 1. The standard InChI is InChI=1S/C12H25N3O2S/c1-10-4-3-7-15(9-10)18(16,17)14-8-11-5-2-6-12(11)13/h10-12,14H,2-9,13H2,1H3. The van der Waals surface area contributed by atoms with E-state index in [0.717, 1.165) is 32.1 Å². The molecule has 3 atom stereocenters. The zero-order chi connectivity index (χ0) is 13.2. The molecule has 6 heteroatoms. The van der Waals surface area contributed by atoms with Crippen LogP contribution in [-0.2, 0) is 10.2 Å². The van der Waals surface area contributed by atoms with Crippen molar-refractivity contribution < 1.29 is 8.42 Å². The van der Waals surface area contributed by atoms with Crippen LogP contribution in [0.4, 0.5) is 0 Å². The first-order valence-corrected chi connectivity index (χ1v) is 8.43. The Labute approximate surface area is 110 Å². The minimum absolute atomic E-state index is 0.160. The molecule has 3 unspecified atom stereocenters. The lowest BCUT2D eigenvalue weighted by Gasteiger charge is -2.30. The molecule has 106 valence electrons. The van der Waals surface area contributed by atoms with Crippen LogP contribution >= 0.6 is 0 Å². The Kier molecular flexibility index (Phi) is 4.64. The van der Waals surface area contributed by atoms with Crippen molar-refractivity contribution in [1.29, 1.82) is 0 Å². The molecule has 5 nitrogen and oxygen atoms in total. The molecular weight excluding hydrogens is 250 g/mol. The van der Waals surface area contributed by atoms with Gasteiger partial charge in [0.25, 0.3) is 10.2 Å². The number of nitrogens with zero attached hydrogens (tertiary/aromatic N) is 1. The van der Waals surface area contributed by atoms with Gasteiger partial charge in [-0.3, -0.25) is 0 Å². The molecule has 0 aromatic rings. The zero-order valence-electron chi connectivity index (χ0n) is 11.1. The third-order valence-corrected chi connectivity index (χ3v) is 5.75. The molecule has 18 heavy (non-hydrogen) atoms. The second-order valence-electron chi connectivity index (χ2n) is 5.81. The highest BCUT2D eigenvalue weighted by Crippen LogP contribution is 2.24. The van der Waals surface area contributed by atoms with Gasteiger partial charge in [0, 0.05) is 25.7 Å². The summed E-state index contributed by atoms with van der Waals surface area (Å²) < 4.78 is 28.7. The van der Waals surface area contributed by atoms with E-state index in [-0.39, 0.29) is 6.04 Å². The molecule has 0 spiro atoms. The Hall–Kier alpha value is -0.170. The molecule has 0 amide bonds. The van der Waals surface area contributed by atoms with Crippen LogP contribution in [0.3, 0.4) is 0 Å². The van der Waals surface area contributed by atoms with Gasteiger partial charge in [-0.1, -0.05) is 13.3 Å². The number of hydrogen-bond acceptors (Lipinski definition) is 3. The van der Waals surface area contributed by atoms with Gasteiger partial charge in [0.1, 0.15) is 0 Å². The first-order valence-electron chi connectivity index (χ1n) is 6.99. The molecule has 1 aliphatic heterocycles. The maximum absolute atomic E-state index is 12.2. The monoisotopic (exact) mass is 275 g/mol. The van der Waals surface area contributed by atoms with Gasteiger partial charge in [-0.15, -0.1) is 0 Å². The van der Waals surface area contributed by atoms with Gasteiger partial charge in [-0.25, -0.2) is 4.72 Å². The fourth-order valence-corrected chi connectivity index (χ4v) is 4.41. The van der Waals surface area contributed by atoms with Crippen LogP contribution < -0.4 is 10.5 Å². The SMILES string of the molecule is CC1CCCN(S(=O)(=O)NCC2CCCC2N)C1. The van der Waals surface area contributed by atoms with E-state index in [1.807, 2.05) is 0 Å². The van der Waals surface area contributed by atoms with E-state index < -0.39 is 10.2 Å². The third kappa shape index (κ3) is 3.44. The first-order chi connectivity index (χ1) is 8.49. The van der Waals surface area contributed by atoms with Crippen LogP contribution in [0, 0.1) is 11.8 Å². The highest BCUT2D eigenvalue weighted by molar-refractivity contribution is 7.87.